The molecule has 1 fully saturated rings. The van der Waals surface area contributed by atoms with E-state index in [0.29, 0.717) is 12.2 Å². The Morgan fingerprint density at radius 3 is 2.79 bits per heavy atom. The van der Waals surface area contributed by atoms with Gasteiger partial charge in [-0.2, -0.15) is 0 Å². The molecule has 0 spiro atoms. The second kappa shape index (κ2) is 4.67. The summed E-state index contributed by atoms with van der Waals surface area (Å²) in [6.07, 6.45) is 5.57. The van der Waals surface area contributed by atoms with Gasteiger partial charge in [0.05, 0.1) is 12.2 Å². The smallest absolute Gasteiger partial charge is 0.341 e. The third kappa shape index (κ3) is 2.22. The van der Waals surface area contributed by atoms with Crippen LogP contribution in [-0.2, 0) is 14.3 Å². The van der Waals surface area contributed by atoms with Gasteiger partial charge in [0.2, 0.25) is 5.79 Å². The molecule has 0 N–H and O–H groups in total. The molecule has 0 unspecified atom stereocenters. The summed E-state index contributed by atoms with van der Waals surface area (Å²) >= 11 is 0. The van der Waals surface area contributed by atoms with Crippen molar-refractivity contribution in [2.24, 2.45) is 0 Å². The van der Waals surface area contributed by atoms with Crippen LogP contribution >= 0.6 is 0 Å². The number of rotatable bonds is 2. The Balaban J connectivity index is 1.92. The van der Waals surface area contributed by atoms with Crippen LogP contribution in [0.3, 0.4) is 0 Å². The van der Waals surface area contributed by atoms with E-state index in [9.17, 15) is 4.79 Å². The second-order valence-electron chi connectivity index (χ2n) is 4.92. The van der Waals surface area contributed by atoms with Crippen molar-refractivity contribution in [3.8, 4) is 0 Å². The molecule has 0 saturated carbocycles. The molecule has 19 heavy (non-hydrogen) atoms. The van der Waals surface area contributed by atoms with Crippen molar-refractivity contribution in [3.63, 3.8) is 0 Å². The lowest BCUT2D eigenvalue weighted by Crippen LogP contribution is -2.35. The van der Waals surface area contributed by atoms with Crippen molar-refractivity contribution in [1.29, 1.82) is 0 Å². The molecule has 2 heterocycles. The van der Waals surface area contributed by atoms with Crippen LogP contribution in [0, 0.1) is 0 Å². The Labute approximate surface area is 112 Å². The molecule has 0 aromatic heterocycles. The van der Waals surface area contributed by atoms with Crippen LogP contribution < -0.4 is 0 Å². The Morgan fingerprint density at radius 1 is 1.21 bits per heavy atom. The zero-order valence-corrected chi connectivity index (χ0v) is 10.9. The van der Waals surface area contributed by atoms with Gasteiger partial charge in [-0.1, -0.05) is 36.4 Å². The van der Waals surface area contributed by atoms with E-state index in [1.807, 2.05) is 49.4 Å². The minimum atomic E-state index is -0.842. The van der Waals surface area contributed by atoms with E-state index in [4.69, 9.17) is 9.47 Å². The van der Waals surface area contributed by atoms with Crippen LogP contribution in [0.25, 0.3) is 6.08 Å². The van der Waals surface area contributed by atoms with Gasteiger partial charge in [-0.15, -0.1) is 0 Å². The lowest BCUT2D eigenvalue weighted by Gasteiger charge is -2.30. The molecule has 0 amide bonds. The number of hydrogen-bond donors (Lipinski definition) is 0. The number of ether oxygens (including phenoxy) is 2. The van der Waals surface area contributed by atoms with E-state index < -0.39 is 5.79 Å². The number of carbonyl (C=O) groups is 1. The van der Waals surface area contributed by atoms with Crippen molar-refractivity contribution in [2.75, 3.05) is 6.61 Å². The van der Waals surface area contributed by atoms with E-state index in [2.05, 4.69) is 0 Å². The Kier molecular flexibility index (Phi) is 2.99. The zero-order valence-electron chi connectivity index (χ0n) is 10.9. The highest BCUT2D eigenvalue weighted by Crippen LogP contribution is 2.40. The summed E-state index contributed by atoms with van der Waals surface area (Å²) in [6, 6.07) is 9.91. The summed E-state index contributed by atoms with van der Waals surface area (Å²) in [5.74, 6) is -1.13. The topological polar surface area (TPSA) is 35.5 Å². The van der Waals surface area contributed by atoms with Gasteiger partial charge in [-0.3, -0.25) is 0 Å². The quantitative estimate of drug-likeness (QED) is 0.763. The van der Waals surface area contributed by atoms with Crippen LogP contribution in [0.2, 0.25) is 0 Å². The van der Waals surface area contributed by atoms with Crippen LogP contribution in [0.5, 0.6) is 0 Å². The molecule has 1 aromatic rings. The highest BCUT2D eigenvalue weighted by Gasteiger charge is 2.45. The summed E-state index contributed by atoms with van der Waals surface area (Å²) in [4.78, 5) is 12.0. The van der Waals surface area contributed by atoms with Gasteiger partial charge in [0, 0.05) is 12.5 Å². The predicted molar refractivity (Wildman–Crippen MR) is 72.2 cm³/mol. The van der Waals surface area contributed by atoms with Gasteiger partial charge in [-0.25, -0.2) is 4.79 Å². The monoisotopic (exact) mass is 256 g/mol. The maximum absolute atomic E-state index is 12.0. The van der Waals surface area contributed by atoms with Crippen LogP contribution in [0.15, 0.2) is 47.6 Å². The van der Waals surface area contributed by atoms with E-state index in [1.54, 1.807) is 0 Å². The molecule has 98 valence electrons. The third-order valence-electron chi connectivity index (χ3n) is 3.57. The first-order chi connectivity index (χ1) is 9.19. The van der Waals surface area contributed by atoms with E-state index in [-0.39, 0.29) is 5.97 Å². The Hall–Kier alpha value is -1.87. The van der Waals surface area contributed by atoms with Gasteiger partial charge < -0.3 is 9.47 Å². The van der Waals surface area contributed by atoms with Gasteiger partial charge >= 0.3 is 5.97 Å². The zero-order chi connectivity index (χ0) is 13.3. The SMILES string of the molecule is C[C@@]12OCCCC1=C(/C=C/c1ccccc1)C(=O)O2. The summed E-state index contributed by atoms with van der Waals surface area (Å²) in [5, 5.41) is 0. The van der Waals surface area contributed by atoms with Crippen LogP contribution in [0.4, 0.5) is 0 Å². The predicted octanol–water partition coefficient (Wildman–Crippen LogP) is 3.08. The summed E-state index contributed by atoms with van der Waals surface area (Å²) in [6.45, 7) is 2.46. The molecular weight excluding hydrogens is 240 g/mol. The van der Waals surface area contributed by atoms with Gasteiger partial charge in [-0.05, 0) is 24.5 Å². The fourth-order valence-electron chi connectivity index (χ4n) is 2.57. The molecule has 2 aliphatic heterocycles. The summed E-state index contributed by atoms with van der Waals surface area (Å²) < 4.78 is 11.0. The average molecular weight is 256 g/mol. The van der Waals surface area contributed by atoms with E-state index >= 15 is 0 Å². The van der Waals surface area contributed by atoms with Gasteiger partial charge in [0.1, 0.15) is 0 Å². The molecular formula is C16H16O3. The molecule has 3 heteroatoms. The molecule has 0 aliphatic carbocycles. The maximum atomic E-state index is 12.0. The molecule has 1 atom stereocenters. The van der Waals surface area contributed by atoms with Crippen molar-refractivity contribution in [3.05, 3.63) is 53.1 Å². The standard InChI is InChI=1S/C16H16O3/c1-16-14(8-5-11-18-16)13(15(17)19-16)10-9-12-6-3-2-4-7-12/h2-4,6-7,9-10H,5,8,11H2,1H3/b10-9+/t16-/m0/s1. The highest BCUT2D eigenvalue weighted by molar-refractivity contribution is 5.96. The molecule has 2 aliphatic rings. The van der Waals surface area contributed by atoms with Crippen LogP contribution in [0.1, 0.15) is 25.3 Å². The number of esters is 1. The summed E-state index contributed by atoms with van der Waals surface area (Å²) in [5.41, 5.74) is 2.68. The first-order valence-electron chi connectivity index (χ1n) is 6.53. The fourth-order valence-corrected chi connectivity index (χ4v) is 2.57. The van der Waals surface area contributed by atoms with Crippen molar-refractivity contribution in [1.82, 2.24) is 0 Å². The number of hydrogen-bond acceptors (Lipinski definition) is 3. The fraction of sp³-hybridized carbons (Fsp3) is 0.312. The number of benzene rings is 1. The average Bonchev–Trinajstić information content (AvgIpc) is 2.67. The number of carbonyl (C=O) groups excluding carboxylic acids is 1. The van der Waals surface area contributed by atoms with Crippen molar-refractivity contribution < 1.29 is 14.3 Å². The lowest BCUT2D eigenvalue weighted by molar-refractivity contribution is -0.201. The molecule has 3 nitrogen and oxygen atoms in total. The van der Waals surface area contributed by atoms with Gasteiger partial charge in [0.15, 0.2) is 0 Å². The molecule has 0 bridgehead atoms. The second-order valence-corrected chi connectivity index (χ2v) is 4.92. The Morgan fingerprint density at radius 2 is 2.00 bits per heavy atom. The Bertz CT molecular complexity index is 557. The molecule has 3 rings (SSSR count). The van der Waals surface area contributed by atoms with Crippen molar-refractivity contribution in [2.45, 2.75) is 25.6 Å². The van der Waals surface area contributed by atoms with E-state index in [0.717, 1.165) is 24.0 Å². The normalized spacial score (nSPS) is 26.7. The largest absolute Gasteiger partial charge is 0.426 e. The van der Waals surface area contributed by atoms with Crippen molar-refractivity contribution >= 4 is 12.0 Å². The molecule has 1 saturated heterocycles. The minimum absolute atomic E-state index is 0.286. The molecule has 0 radical (unpaired) electrons. The number of fused-ring (bicyclic) bond motifs is 1. The highest BCUT2D eigenvalue weighted by atomic mass is 16.7. The molecule has 1 aromatic carbocycles. The maximum Gasteiger partial charge on any atom is 0.341 e. The van der Waals surface area contributed by atoms with E-state index in [1.165, 1.54) is 0 Å². The third-order valence-corrected chi connectivity index (χ3v) is 3.57. The van der Waals surface area contributed by atoms with Crippen LogP contribution in [-0.4, -0.2) is 18.4 Å². The summed E-state index contributed by atoms with van der Waals surface area (Å²) in [7, 11) is 0. The minimum Gasteiger partial charge on any atom is -0.426 e. The van der Waals surface area contributed by atoms with Gasteiger partial charge in [0.25, 0.3) is 0 Å². The lowest BCUT2D eigenvalue weighted by atomic mass is 9.96. The first-order valence-corrected chi connectivity index (χ1v) is 6.53. The first kappa shape index (κ1) is 12.2.